The lowest BCUT2D eigenvalue weighted by atomic mass is 9.33. The Morgan fingerprint density at radius 2 is 1.56 bits per heavy atom. The first-order valence-electron chi connectivity index (χ1n) is 19.1. The molecule has 5 aliphatic rings. The number of ketones is 1. The van der Waals surface area contributed by atoms with Crippen molar-refractivity contribution in [1.82, 2.24) is 5.32 Å². The minimum atomic E-state index is -1.13. The van der Waals surface area contributed by atoms with Gasteiger partial charge in [0.1, 0.15) is 6.61 Å². The van der Waals surface area contributed by atoms with Gasteiger partial charge in [0.15, 0.2) is 5.78 Å². The number of carboxylic acid groups (broad SMARTS) is 1. The number of hydrogen-bond donors (Lipinski definition) is 2. The summed E-state index contributed by atoms with van der Waals surface area (Å²) in [6, 6.07) is 9.77. The molecule has 50 heavy (non-hydrogen) atoms. The van der Waals surface area contributed by atoms with E-state index >= 15 is 0 Å². The van der Waals surface area contributed by atoms with E-state index in [4.69, 9.17) is 4.74 Å². The zero-order valence-corrected chi connectivity index (χ0v) is 32.0. The number of rotatable bonds is 7. The molecule has 0 heterocycles. The summed E-state index contributed by atoms with van der Waals surface area (Å²) in [6.45, 7) is 19.6. The molecule has 1 aromatic carbocycles. The van der Waals surface area contributed by atoms with Crippen molar-refractivity contribution in [3.8, 4) is 0 Å². The molecular formula is C43H61NO6. The van der Waals surface area contributed by atoms with E-state index in [0.717, 1.165) is 56.9 Å². The van der Waals surface area contributed by atoms with Crippen molar-refractivity contribution in [2.75, 3.05) is 0 Å². The molecule has 9 atom stereocenters. The quantitative estimate of drug-likeness (QED) is 0.278. The van der Waals surface area contributed by atoms with E-state index in [1.807, 2.05) is 30.3 Å². The predicted octanol–water partition coefficient (Wildman–Crippen LogP) is 8.70. The highest BCUT2D eigenvalue weighted by atomic mass is 16.5. The van der Waals surface area contributed by atoms with Gasteiger partial charge < -0.3 is 15.2 Å². The van der Waals surface area contributed by atoms with Crippen LogP contribution in [0.3, 0.4) is 0 Å². The van der Waals surface area contributed by atoms with Crippen LogP contribution in [0.1, 0.15) is 132 Å². The lowest BCUT2D eigenvalue weighted by Crippen LogP contribution is -2.67. The number of allylic oxidation sites excluding steroid dienone is 2. The van der Waals surface area contributed by atoms with Gasteiger partial charge in [-0.15, -0.1) is 0 Å². The molecule has 1 amide bonds. The fraction of sp³-hybridized carbons (Fsp3) is 0.721. The minimum absolute atomic E-state index is 0.0443. The normalized spacial score (nSPS) is 40.6. The van der Waals surface area contributed by atoms with Gasteiger partial charge in [-0.05, 0) is 129 Å². The molecule has 7 nitrogen and oxygen atoms in total. The van der Waals surface area contributed by atoms with Crippen molar-refractivity contribution in [2.24, 2.45) is 55.7 Å². The standard InChI is InChI=1S/C43H61NO6/c1-37(2,35(47)48)25-33(46)44-32-16-17-41(7)31(38(32,3)4)15-18-43(9)34(41)30(45)23-28-29-24-40(6,20-19-39(29,5)21-22-42(28,43)8)36(49)50-26-27-13-11-10-12-14-27/h10-14,23,29,31-32,34H,15-22,24-26H2,1-9H3,(H,44,46)(H,47,48)/t29-,31-,32-,34+,39+,40-,41-,42+,43+/m0/s1. The Balaban J connectivity index is 1.27. The number of carbonyl (C=O) groups excluding carboxylic acids is 3. The topological polar surface area (TPSA) is 110 Å². The van der Waals surface area contributed by atoms with Crippen LogP contribution < -0.4 is 5.32 Å². The highest BCUT2D eigenvalue weighted by Crippen LogP contribution is 2.75. The number of fused-ring (bicyclic) bond motifs is 7. The fourth-order valence-corrected chi connectivity index (χ4v) is 12.2. The zero-order chi connectivity index (χ0) is 36.7. The highest BCUT2D eigenvalue weighted by Gasteiger charge is 2.70. The van der Waals surface area contributed by atoms with Gasteiger partial charge in [-0.1, -0.05) is 77.4 Å². The van der Waals surface area contributed by atoms with E-state index in [1.54, 1.807) is 13.8 Å². The molecule has 0 radical (unpaired) electrons. The summed E-state index contributed by atoms with van der Waals surface area (Å²) >= 11 is 0. The first kappa shape index (κ1) is 36.8. The molecule has 4 saturated carbocycles. The largest absolute Gasteiger partial charge is 0.481 e. The van der Waals surface area contributed by atoms with Crippen molar-refractivity contribution in [3.05, 3.63) is 47.5 Å². The maximum atomic E-state index is 14.8. The molecule has 2 N–H and O–H groups in total. The van der Waals surface area contributed by atoms with Crippen LogP contribution in [0.5, 0.6) is 0 Å². The van der Waals surface area contributed by atoms with Gasteiger partial charge >= 0.3 is 11.9 Å². The SMILES string of the molecule is CC(C)(CC(=O)N[C@H]1CC[C@]2(C)[C@H]3C(=O)C=C4[C@@H]5C[C@@](C)(C(=O)OCc6ccccc6)CC[C@]5(C)CC[C@@]4(C)[C@]3(C)CC[C@H]2C1(C)C)C(=O)O. The summed E-state index contributed by atoms with van der Waals surface area (Å²) < 4.78 is 5.95. The van der Waals surface area contributed by atoms with Gasteiger partial charge in [-0.25, -0.2) is 0 Å². The molecule has 7 heteroatoms. The summed E-state index contributed by atoms with van der Waals surface area (Å²) in [5.41, 5.74) is -0.305. The Morgan fingerprint density at radius 3 is 2.22 bits per heavy atom. The van der Waals surface area contributed by atoms with E-state index < -0.39 is 16.8 Å². The van der Waals surface area contributed by atoms with Crippen molar-refractivity contribution >= 4 is 23.6 Å². The number of benzene rings is 1. The van der Waals surface area contributed by atoms with Crippen molar-refractivity contribution in [2.45, 2.75) is 139 Å². The van der Waals surface area contributed by atoms with Crippen LogP contribution in [-0.2, 0) is 30.5 Å². The number of esters is 1. The lowest BCUT2D eigenvalue weighted by Gasteiger charge is -2.70. The molecule has 1 aromatic rings. The van der Waals surface area contributed by atoms with Gasteiger partial charge in [0.25, 0.3) is 0 Å². The Morgan fingerprint density at radius 1 is 0.900 bits per heavy atom. The summed E-state index contributed by atoms with van der Waals surface area (Å²) in [5, 5.41) is 12.9. The fourth-order valence-electron chi connectivity index (χ4n) is 12.2. The van der Waals surface area contributed by atoms with Crippen LogP contribution in [-0.4, -0.2) is 34.8 Å². The molecule has 4 fully saturated rings. The maximum absolute atomic E-state index is 14.8. The van der Waals surface area contributed by atoms with Crippen LogP contribution in [0.4, 0.5) is 0 Å². The number of nitrogens with one attached hydrogen (secondary N) is 1. The van der Waals surface area contributed by atoms with Gasteiger partial charge in [0, 0.05) is 18.4 Å². The molecule has 6 rings (SSSR count). The Labute approximate surface area is 299 Å². The molecule has 274 valence electrons. The van der Waals surface area contributed by atoms with E-state index in [0.29, 0.717) is 6.42 Å². The van der Waals surface area contributed by atoms with E-state index in [-0.39, 0.29) is 81.6 Å². The minimum Gasteiger partial charge on any atom is -0.481 e. The Kier molecular flexibility index (Phi) is 8.87. The van der Waals surface area contributed by atoms with Crippen molar-refractivity contribution in [1.29, 1.82) is 0 Å². The number of hydrogen-bond acceptors (Lipinski definition) is 5. The molecule has 0 unspecified atom stereocenters. The van der Waals surface area contributed by atoms with E-state index in [9.17, 15) is 24.3 Å². The molecular weight excluding hydrogens is 626 g/mol. The Bertz CT molecular complexity index is 1590. The highest BCUT2D eigenvalue weighted by molar-refractivity contribution is 5.96. The number of ether oxygens (including phenoxy) is 1. The third-order valence-corrected chi connectivity index (χ3v) is 15.8. The Hall–Kier alpha value is -2.96. The van der Waals surface area contributed by atoms with Crippen LogP contribution >= 0.6 is 0 Å². The second-order valence-electron chi connectivity index (χ2n) is 19.7. The summed E-state index contributed by atoms with van der Waals surface area (Å²) in [6.07, 6.45) is 10.1. The number of carbonyl (C=O) groups is 4. The monoisotopic (exact) mass is 687 g/mol. The third kappa shape index (κ3) is 5.59. The first-order chi connectivity index (χ1) is 23.1. The van der Waals surface area contributed by atoms with Crippen LogP contribution in [0, 0.1) is 55.7 Å². The van der Waals surface area contributed by atoms with Gasteiger partial charge in [-0.3, -0.25) is 19.2 Å². The second-order valence-corrected chi connectivity index (χ2v) is 19.7. The van der Waals surface area contributed by atoms with Crippen molar-refractivity contribution in [3.63, 3.8) is 0 Å². The molecule has 0 aliphatic heterocycles. The van der Waals surface area contributed by atoms with Crippen LogP contribution in [0.25, 0.3) is 0 Å². The van der Waals surface area contributed by atoms with E-state index in [1.165, 1.54) is 5.57 Å². The summed E-state index contributed by atoms with van der Waals surface area (Å²) in [4.78, 5) is 53.5. The smallest absolute Gasteiger partial charge is 0.312 e. The number of carboxylic acids is 1. The lowest BCUT2D eigenvalue weighted by molar-refractivity contribution is -0.190. The molecule has 0 spiro atoms. The summed E-state index contributed by atoms with van der Waals surface area (Å²) in [5.74, 6) is -0.829. The average Bonchev–Trinajstić information content (AvgIpc) is 3.03. The van der Waals surface area contributed by atoms with Gasteiger partial charge in [-0.2, -0.15) is 0 Å². The average molecular weight is 688 g/mol. The molecule has 5 aliphatic carbocycles. The summed E-state index contributed by atoms with van der Waals surface area (Å²) in [7, 11) is 0. The first-order valence-corrected chi connectivity index (χ1v) is 19.1. The van der Waals surface area contributed by atoms with Crippen LogP contribution in [0.15, 0.2) is 42.0 Å². The van der Waals surface area contributed by atoms with Gasteiger partial charge in [0.05, 0.1) is 10.8 Å². The molecule has 0 saturated heterocycles. The van der Waals surface area contributed by atoms with Crippen molar-refractivity contribution < 1.29 is 29.0 Å². The number of aliphatic carboxylic acids is 1. The third-order valence-electron chi connectivity index (χ3n) is 15.8. The van der Waals surface area contributed by atoms with E-state index in [2.05, 4.69) is 59.9 Å². The van der Waals surface area contributed by atoms with Gasteiger partial charge in [0.2, 0.25) is 5.91 Å². The second kappa shape index (κ2) is 12.0. The maximum Gasteiger partial charge on any atom is 0.312 e. The predicted molar refractivity (Wildman–Crippen MR) is 194 cm³/mol. The molecule has 0 bridgehead atoms. The zero-order valence-electron chi connectivity index (χ0n) is 32.0. The number of amides is 1. The van der Waals surface area contributed by atoms with Crippen LogP contribution in [0.2, 0.25) is 0 Å². The molecule has 0 aromatic heterocycles.